The van der Waals surface area contributed by atoms with Crippen molar-refractivity contribution in [2.45, 2.75) is 0 Å². The Morgan fingerprint density at radius 2 is 1.73 bits per heavy atom. The summed E-state index contributed by atoms with van der Waals surface area (Å²) in [7, 11) is 2.83. The quantitative estimate of drug-likeness (QED) is 0.449. The summed E-state index contributed by atoms with van der Waals surface area (Å²) >= 11 is 5.37. The molecule has 0 aliphatic carbocycles. The summed E-state index contributed by atoms with van der Waals surface area (Å²) in [6.45, 7) is 0. The Morgan fingerprint density at radius 1 is 1.13 bits per heavy atom. The molecule has 0 saturated heterocycles. The molecule has 4 heteroatoms. The molecule has 1 rings (SSSR count). The lowest BCUT2D eigenvalue weighted by atomic mass is 10.2. The number of hydrogen-bond donors (Lipinski definition) is 0. The van der Waals surface area contributed by atoms with Crippen LogP contribution in [0.2, 0.25) is 0 Å². The molecule has 0 bridgehead atoms. The van der Waals surface area contributed by atoms with E-state index in [1.165, 1.54) is 14.2 Å². The third-order valence-electron chi connectivity index (χ3n) is 1.83. The molecule has 3 nitrogen and oxygen atoms in total. The third-order valence-corrected chi connectivity index (χ3v) is 2.00. The second kappa shape index (κ2) is 5.41. The van der Waals surface area contributed by atoms with Crippen LogP contribution in [0.1, 0.15) is 5.56 Å². The van der Waals surface area contributed by atoms with Crippen molar-refractivity contribution in [1.82, 2.24) is 0 Å². The molecule has 0 N–H and O–H groups in total. The van der Waals surface area contributed by atoms with Crippen molar-refractivity contribution < 1.29 is 14.3 Å². The number of methoxy groups -OCH3 is 2. The van der Waals surface area contributed by atoms with Crippen molar-refractivity contribution in [3.8, 4) is 0 Å². The highest BCUT2D eigenvalue weighted by Gasteiger charge is 2.16. The van der Waals surface area contributed by atoms with Gasteiger partial charge < -0.3 is 9.47 Å². The van der Waals surface area contributed by atoms with Gasteiger partial charge >= 0.3 is 0 Å². The number of benzene rings is 1. The fourth-order valence-corrected chi connectivity index (χ4v) is 1.36. The Morgan fingerprint density at radius 3 is 2.13 bits per heavy atom. The maximum absolute atomic E-state index is 11.1. The number of halogens is 1. The van der Waals surface area contributed by atoms with Gasteiger partial charge in [-0.3, -0.25) is 4.79 Å². The van der Waals surface area contributed by atoms with Crippen LogP contribution in [0.4, 0.5) is 0 Å². The Balaban J connectivity index is 3.23. The van der Waals surface area contributed by atoms with E-state index in [0.717, 1.165) is 5.56 Å². The van der Waals surface area contributed by atoms with Gasteiger partial charge in [0.1, 0.15) is 0 Å². The molecule has 1 aromatic carbocycles. The Labute approximate surface area is 93.3 Å². The predicted octanol–water partition coefficient (Wildman–Crippen LogP) is 2.41. The highest BCUT2D eigenvalue weighted by atomic mass is 35.5. The lowest BCUT2D eigenvalue weighted by Crippen LogP contribution is -2.03. The van der Waals surface area contributed by atoms with Gasteiger partial charge in [0.05, 0.1) is 14.2 Å². The van der Waals surface area contributed by atoms with Gasteiger partial charge in [-0.05, 0) is 11.6 Å². The molecule has 80 valence electrons. The van der Waals surface area contributed by atoms with Crippen LogP contribution < -0.4 is 0 Å². The number of carbonyl (C=O) groups excluding carboxylic acids is 1. The van der Waals surface area contributed by atoms with Crippen LogP contribution in [-0.4, -0.2) is 19.5 Å². The van der Waals surface area contributed by atoms with Crippen molar-refractivity contribution in [2.75, 3.05) is 14.2 Å². The van der Waals surface area contributed by atoms with E-state index in [0.29, 0.717) is 5.76 Å². The van der Waals surface area contributed by atoms with Gasteiger partial charge in [0.15, 0.2) is 5.76 Å². The molecule has 0 aromatic heterocycles. The van der Waals surface area contributed by atoms with Gasteiger partial charge in [-0.15, -0.1) is 0 Å². The van der Waals surface area contributed by atoms with E-state index in [1.54, 1.807) is 12.1 Å². The molecule has 15 heavy (non-hydrogen) atoms. The normalized spacial score (nSPS) is 11.7. The standard InChI is InChI=1S/C11H11ClO3/c1-14-9(10(15-2)11(12)13)8-6-4-3-5-7-8/h3-7H,1-2H3. The Hall–Kier alpha value is -1.48. The summed E-state index contributed by atoms with van der Waals surface area (Å²) in [6.07, 6.45) is 0. The smallest absolute Gasteiger partial charge is 0.291 e. The highest BCUT2D eigenvalue weighted by molar-refractivity contribution is 6.67. The van der Waals surface area contributed by atoms with Crippen molar-refractivity contribution in [3.05, 3.63) is 41.7 Å². The van der Waals surface area contributed by atoms with Crippen LogP contribution >= 0.6 is 11.6 Å². The van der Waals surface area contributed by atoms with E-state index in [4.69, 9.17) is 21.1 Å². The van der Waals surface area contributed by atoms with Crippen LogP contribution in [0.15, 0.2) is 36.1 Å². The molecule has 0 aliphatic heterocycles. The molecule has 0 amide bonds. The van der Waals surface area contributed by atoms with Gasteiger partial charge in [-0.2, -0.15) is 0 Å². The van der Waals surface area contributed by atoms with Gasteiger partial charge in [-0.1, -0.05) is 30.3 Å². The first-order valence-corrected chi connectivity index (χ1v) is 4.66. The van der Waals surface area contributed by atoms with Gasteiger partial charge in [0, 0.05) is 5.56 Å². The lowest BCUT2D eigenvalue weighted by Gasteiger charge is -2.09. The first kappa shape index (κ1) is 11.6. The molecule has 0 heterocycles. The SMILES string of the molecule is COC(C(=O)Cl)=C(OC)c1ccccc1. The number of allylic oxidation sites excluding steroid dienone is 1. The predicted molar refractivity (Wildman–Crippen MR) is 58.2 cm³/mol. The van der Waals surface area contributed by atoms with Gasteiger partial charge in [-0.25, -0.2) is 0 Å². The monoisotopic (exact) mass is 226 g/mol. The average molecular weight is 227 g/mol. The molecule has 0 spiro atoms. The van der Waals surface area contributed by atoms with Crippen LogP contribution in [0.25, 0.3) is 5.76 Å². The zero-order chi connectivity index (χ0) is 11.3. The van der Waals surface area contributed by atoms with E-state index in [2.05, 4.69) is 0 Å². The van der Waals surface area contributed by atoms with E-state index in [-0.39, 0.29) is 5.76 Å². The van der Waals surface area contributed by atoms with Crippen LogP contribution in [0, 0.1) is 0 Å². The summed E-state index contributed by atoms with van der Waals surface area (Å²) in [6, 6.07) is 9.14. The highest BCUT2D eigenvalue weighted by Crippen LogP contribution is 2.21. The Bertz CT molecular complexity index is 371. The van der Waals surface area contributed by atoms with Gasteiger partial charge in [0.25, 0.3) is 5.24 Å². The average Bonchev–Trinajstić information content (AvgIpc) is 2.26. The van der Waals surface area contributed by atoms with E-state index < -0.39 is 5.24 Å². The molecule has 0 saturated carbocycles. The third kappa shape index (κ3) is 2.73. The van der Waals surface area contributed by atoms with E-state index in [9.17, 15) is 4.79 Å². The van der Waals surface area contributed by atoms with Crippen LogP contribution in [0.5, 0.6) is 0 Å². The Kier molecular flexibility index (Phi) is 4.18. The summed E-state index contributed by atoms with van der Waals surface area (Å²) in [5.41, 5.74) is 0.742. The lowest BCUT2D eigenvalue weighted by molar-refractivity contribution is -0.111. The molecule has 0 aliphatic rings. The zero-order valence-corrected chi connectivity index (χ0v) is 9.25. The molecule has 0 unspecified atom stereocenters. The zero-order valence-electron chi connectivity index (χ0n) is 8.49. The first-order chi connectivity index (χ1) is 7.20. The van der Waals surface area contributed by atoms with Crippen molar-refractivity contribution >= 4 is 22.6 Å². The van der Waals surface area contributed by atoms with E-state index >= 15 is 0 Å². The molecular formula is C11H11ClO3. The van der Waals surface area contributed by atoms with Crippen molar-refractivity contribution in [3.63, 3.8) is 0 Å². The first-order valence-electron chi connectivity index (χ1n) is 4.28. The molecule has 0 fully saturated rings. The fraction of sp³-hybridized carbons (Fsp3) is 0.182. The second-order valence-corrected chi connectivity index (χ2v) is 3.05. The minimum absolute atomic E-state index is 0.00497. The van der Waals surface area contributed by atoms with Crippen molar-refractivity contribution in [1.29, 1.82) is 0 Å². The maximum atomic E-state index is 11.1. The summed E-state index contributed by atoms with van der Waals surface area (Å²) in [4.78, 5) is 11.1. The second-order valence-electron chi connectivity index (χ2n) is 2.71. The fourth-order valence-electron chi connectivity index (χ4n) is 1.19. The molecule has 0 atom stereocenters. The minimum Gasteiger partial charge on any atom is -0.492 e. The summed E-state index contributed by atoms with van der Waals surface area (Å²) < 4.78 is 9.99. The maximum Gasteiger partial charge on any atom is 0.291 e. The number of carbonyl (C=O) groups is 1. The van der Waals surface area contributed by atoms with Crippen molar-refractivity contribution in [2.24, 2.45) is 0 Å². The summed E-state index contributed by atoms with van der Waals surface area (Å²) in [5, 5.41) is -0.682. The van der Waals surface area contributed by atoms with Crippen LogP contribution in [0.3, 0.4) is 0 Å². The van der Waals surface area contributed by atoms with E-state index in [1.807, 2.05) is 18.2 Å². The molecule has 1 aromatic rings. The number of hydrogen-bond acceptors (Lipinski definition) is 3. The molecular weight excluding hydrogens is 216 g/mol. The minimum atomic E-state index is -0.682. The number of rotatable bonds is 4. The van der Waals surface area contributed by atoms with Gasteiger partial charge in [0.2, 0.25) is 5.76 Å². The molecule has 0 radical (unpaired) electrons. The van der Waals surface area contributed by atoms with Crippen LogP contribution in [-0.2, 0) is 14.3 Å². The summed E-state index contributed by atoms with van der Waals surface area (Å²) in [5.74, 6) is 0.337. The largest absolute Gasteiger partial charge is 0.492 e. The topological polar surface area (TPSA) is 35.5 Å². The number of ether oxygens (including phenoxy) is 2.